The van der Waals surface area contributed by atoms with E-state index in [1.165, 1.54) is 10.6 Å². The number of benzene rings is 1. The van der Waals surface area contributed by atoms with Crippen LogP contribution in [0.25, 0.3) is 0 Å². The molecule has 158 valence electrons. The number of anilines is 2. The summed E-state index contributed by atoms with van der Waals surface area (Å²) in [5, 5.41) is 3.22. The van der Waals surface area contributed by atoms with E-state index in [4.69, 9.17) is 17.0 Å². The van der Waals surface area contributed by atoms with Crippen molar-refractivity contribution in [2.75, 3.05) is 55.3 Å². The van der Waals surface area contributed by atoms with Crippen molar-refractivity contribution in [1.29, 1.82) is 0 Å². The first kappa shape index (κ1) is 20.4. The van der Waals surface area contributed by atoms with Gasteiger partial charge >= 0.3 is 6.09 Å². The number of rotatable bonds is 6. The number of cyclic esters (lactones) is 1. The molecular formula is C19H26N4O4S2. The van der Waals surface area contributed by atoms with Crippen LogP contribution in [0.3, 0.4) is 0 Å². The minimum absolute atomic E-state index is 0.219. The van der Waals surface area contributed by atoms with E-state index in [0.29, 0.717) is 45.2 Å². The molecule has 0 spiro atoms. The van der Waals surface area contributed by atoms with Crippen LogP contribution in [0.15, 0.2) is 24.3 Å². The maximum Gasteiger partial charge on any atom is 0.414 e. The standard InChI is InChI=1S/C19H26N4O4S2/c1-29(25,26)22-10-8-21(9-11-22)15-4-6-16(7-5-15)23-13-17(27-19(23)24)12-20-18(28)14-2-3-14/h4-7,14,17H,2-3,8-13H2,1H3,(H,20,28)/t17-/m0/s1. The summed E-state index contributed by atoms with van der Waals surface area (Å²) in [5.41, 5.74) is 1.81. The lowest BCUT2D eigenvalue weighted by Gasteiger charge is -2.34. The molecular weight excluding hydrogens is 412 g/mol. The predicted molar refractivity (Wildman–Crippen MR) is 116 cm³/mol. The number of carbonyl (C=O) groups is 1. The molecule has 0 unspecified atom stereocenters. The zero-order valence-electron chi connectivity index (χ0n) is 16.4. The number of piperazine rings is 1. The van der Waals surface area contributed by atoms with Crippen LogP contribution < -0.4 is 15.1 Å². The summed E-state index contributed by atoms with van der Waals surface area (Å²) in [6.45, 7) is 3.29. The summed E-state index contributed by atoms with van der Waals surface area (Å²) in [6.07, 6.45) is 2.98. The molecule has 0 radical (unpaired) electrons. The van der Waals surface area contributed by atoms with Crippen molar-refractivity contribution in [3.05, 3.63) is 24.3 Å². The Morgan fingerprint density at radius 1 is 1.14 bits per heavy atom. The van der Waals surface area contributed by atoms with Crippen molar-refractivity contribution < 1.29 is 17.9 Å². The highest BCUT2D eigenvalue weighted by Gasteiger charge is 2.33. The Labute approximate surface area is 176 Å². The predicted octanol–water partition coefficient (Wildman–Crippen LogP) is 1.42. The monoisotopic (exact) mass is 438 g/mol. The average Bonchev–Trinajstić information content (AvgIpc) is 3.49. The molecule has 1 atom stereocenters. The van der Waals surface area contributed by atoms with Gasteiger partial charge in [0.2, 0.25) is 10.0 Å². The second-order valence-corrected chi connectivity index (χ2v) is 10.2. The van der Waals surface area contributed by atoms with Crippen molar-refractivity contribution in [3.8, 4) is 0 Å². The van der Waals surface area contributed by atoms with Gasteiger partial charge < -0.3 is 15.0 Å². The lowest BCUT2D eigenvalue weighted by atomic mass is 10.2. The van der Waals surface area contributed by atoms with Gasteiger partial charge in [-0.25, -0.2) is 13.2 Å². The number of ether oxygens (including phenoxy) is 1. The van der Waals surface area contributed by atoms with Crippen molar-refractivity contribution >= 4 is 44.7 Å². The maximum atomic E-state index is 12.3. The van der Waals surface area contributed by atoms with Crippen LogP contribution in [0.2, 0.25) is 0 Å². The van der Waals surface area contributed by atoms with E-state index in [1.807, 2.05) is 24.3 Å². The van der Waals surface area contributed by atoms with Crippen LogP contribution in [0.4, 0.5) is 16.2 Å². The molecule has 0 aromatic heterocycles. The maximum absolute atomic E-state index is 12.3. The SMILES string of the molecule is CS(=O)(=O)N1CCN(c2ccc(N3C[C@H](CNC(=S)C4CC4)OC3=O)cc2)CC1. The third kappa shape index (κ3) is 4.81. The molecule has 1 aliphatic carbocycles. The van der Waals surface area contributed by atoms with Gasteiger partial charge in [-0.15, -0.1) is 0 Å². The summed E-state index contributed by atoms with van der Waals surface area (Å²) < 4.78 is 30.3. The van der Waals surface area contributed by atoms with E-state index in [9.17, 15) is 13.2 Å². The first-order valence-electron chi connectivity index (χ1n) is 9.87. The van der Waals surface area contributed by atoms with Crippen molar-refractivity contribution in [3.63, 3.8) is 0 Å². The third-order valence-electron chi connectivity index (χ3n) is 5.56. The van der Waals surface area contributed by atoms with Crippen LogP contribution in [0.5, 0.6) is 0 Å². The zero-order chi connectivity index (χ0) is 20.6. The Hall–Kier alpha value is -1.91. The smallest absolute Gasteiger partial charge is 0.414 e. The Bertz CT molecular complexity index is 878. The fourth-order valence-corrected chi connectivity index (χ4v) is 4.81. The summed E-state index contributed by atoms with van der Waals surface area (Å²) in [4.78, 5) is 16.9. The van der Waals surface area contributed by atoms with Crippen LogP contribution in [0, 0.1) is 5.92 Å². The van der Waals surface area contributed by atoms with Crippen molar-refractivity contribution in [2.24, 2.45) is 5.92 Å². The van der Waals surface area contributed by atoms with Gasteiger partial charge in [0, 0.05) is 43.5 Å². The molecule has 29 heavy (non-hydrogen) atoms. The second kappa shape index (κ2) is 8.08. The molecule has 1 aromatic carbocycles. The van der Waals surface area contributed by atoms with E-state index in [1.54, 1.807) is 4.90 Å². The summed E-state index contributed by atoms with van der Waals surface area (Å²) in [6, 6.07) is 7.74. The highest BCUT2D eigenvalue weighted by atomic mass is 32.2. The summed E-state index contributed by atoms with van der Waals surface area (Å²) >= 11 is 5.33. The van der Waals surface area contributed by atoms with Crippen molar-refractivity contribution in [2.45, 2.75) is 18.9 Å². The molecule has 1 saturated carbocycles. The average molecular weight is 439 g/mol. The number of carbonyl (C=O) groups excluding carboxylic acids is 1. The molecule has 3 aliphatic rings. The van der Waals surface area contributed by atoms with Gasteiger partial charge in [0.15, 0.2) is 0 Å². The van der Waals surface area contributed by atoms with E-state index in [-0.39, 0.29) is 12.2 Å². The number of sulfonamides is 1. The van der Waals surface area contributed by atoms with Gasteiger partial charge in [0.25, 0.3) is 0 Å². The lowest BCUT2D eigenvalue weighted by molar-refractivity contribution is 0.143. The number of nitrogens with zero attached hydrogens (tertiary/aromatic N) is 3. The van der Waals surface area contributed by atoms with Gasteiger partial charge in [0.05, 0.1) is 24.3 Å². The van der Waals surface area contributed by atoms with Crippen molar-refractivity contribution in [1.82, 2.24) is 9.62 Å². The summed E-state index contributed by atoms with van der Waals surface area (Å²) in [7, 11) is -3.14. The van der Waals surface area contributed by atoms with Crippen LogP contribution in [-0.4, -0.2) is 75.4 Å². The summed E-state index contributed by atoms with van der Waals surface area (Å²) in [5.74, 6) is 0.505. The number of thiocarbonyl (C=S) groups is 1. The molecule has 8 nitrogen and oxygen atoms in total. The lowest BCUT2D eigenvalue weighted by Crippen LogP contribution is -2.48. The Morgan fingerprint density at radius 2 is 1.76 bits per heavy atom. The van der Waals surface area contributed by atoms with E-state index < -0.39 is 10.0 Å². The van der Waals surface area contributed by atoms with E-state index >= 15 is 0 Å². The molecule has 2 heterocycles. The van der Waals surface area contributed by atoms with Crippen LogP contribution in [0.1, 0.15) is 12.8 Å². The van der Waals surface area contributed by atoms with Gasteiger partial charge in [0.1, 0.15) is 6.10 Å². The van der Waals surface area contributed by atoms with Gasteiger partial charge in [-0.3, -0.25) is 4.90 Å². The van der Waals surface area contributed by atoms with Crippen LogP contribution >= 0.6 is 12.2 Å². The molecule has 4 rings (SSSR count). The molecule has 1 aromatic rings. The van der Waals surface area contributed by atoms with Gasteiger partial charge in [-0.05, 0) is 37.1 Å². The molecule has 2 aliphatic heterocycles. The van der Waals surface area contributed by atoms with Crippen LogP contribution in [-0.2, 0) is 14.8 Å². The molecule has 10 heteroatoms. The first-order chi connectivity index (χ1) is 13.8. The Morgan fingerprint density at radius 3 is 2.34 bits per heavy atom. The quantitative estimate of drug-likeness (QED) is 0.673. The molecule has 1 amide bonds. The minimum atomic E-state index is -3.14. The van der Waals surface area contributed by atoms with E-state index in [2.05, 4.69) is 10.2 Å². The third-order valence-corrected chi connectivity index (χ3v) is 7.34. The minimum Gasteiger partial charge on any atom is -0.442 e. The molecule has 0 bridgehead atoms. The fourth-order valence-electron chi connectivity index (χ4n) is 3.66. The Kier molecular flexibility index (Phi) is 5.67. The number of hydrogen-bond acceptors (Lipinski definition) is 6. The molecule has 3 fully saturated rings. The molecule has 1 N–H and O–H groups in total. The normalized spacial score (nSPS) is 23.2. The van der Waals surface area contributed by atoms with Gasteiger partial charge in [-0.2, -0.15) is 4.31 Å². The Balaban J connectivity index is 1.32. The molecule has 2 saturated heterocycles. The highest BCUT2D eigenvalue weighted by Crippen LogP contribution is 2.30. The topological polar surface area (TPSA) is 82.2 Å². The number of nitrogens with one attached hydrogen (secondary N) is 1. The first-order valence-corrected chi connectivity index (χ1v) is 12.1. The van der Waals surface area contributed by atoms with E-state index in [0.717, 1.165) is 29.2 Å². The largest absolute Gasteiger partial charge is 0.442 e. The fraction of sp³-hybridized carbons (Fsp3) is 0.579. The zero-order valence-corrected chi connectivity index (χ0v) is 18.0. The second-order valence-electron chi connectivity index (χ2n) is 7.80. The number of amides is 1. The number of hydrogen-bond donors (Lipinski definition) is 1. The van der Waals surface area contributed by atoms with Gasteiger partial charge in [-0.1, -0.05) is 12.2 Å². The highest BCUT2D eigenvalue weighted by molar-refractivity contribution is 7.88.